The van der Waals surface area contributed by atoms with Crippen molar-refractivity contribution < 1.29 is 13.2 Å². The smallest absolute Gasteiger partial charge is 0.252 e. The van der Waals surface area contributed by atoms with Crippen LogP contribution in [0.15, 0.2) is 46.7 Å². The van der Waals surface area contributed by atoms with E-state index in [0.29, 0.717) is 36.8 Å². The highest BCUT2D eigenvalue weighted by molar-refractivity contribution is 7.91. The second-order valence-electron chi connectivity index (χ2n) is 7.99. The predicted molar refractivity (Wildman–Crippen MR) is 127 cm³/mol. The van der Waals surface area contributed by atoms with Gasteiger partial charge in [-0.2, -0.15) is 4.31 Å². The van der Waals surface area contributed by atoms with Gasteiger partial charge in [0.1, 0.15) is 4.21 Å². The van der Waals surface area contributed by atoms with Gasteiger partial charge in [-0.1, -0.05) is 36.7 Å². The number of anilines is 1. The summed E-state index contributed by atoms with van der Waals surface area (Å²) in [6.07, 6.45) is 2.23. The van der Waals surface area contributed by atoms with Crippen LogP contribution in [0, 0.1) is 11.8 Å². The monoisotopic (exact) mass is 483 g/mol. The van der Waals surface area contributed by atoms with Crippen molar-refractivity contribution in [2.24, 2.45) is 11.8 Å². The van der Waals surface area contributed by atoms with Crippen LogP contribution in [-0.2, 0) is 14.8 Å². The quantitative estimate of drug-likeness (QED) is 0.545. The lowest BCUT2D eigenvalue weighted by atomic mass is 9.85. The van der Waals surface area contributed by atoms with Gasteiger partial charge in [0.15, 0.2) is 0 Å². The topological polar surface area (TPSA) is 69.7 Å². The maximum atomic E-state index is 12.7. The number of rotatable bonds is 9. The van der Waals surface area contributed by atoms with Gasteiger partial charge >= 0.3 is 0 Å². The van der Waals surface area contributed by atoms with Gasteiger partial charge < -0.3 is 10.2 Å². The molecule has 9 heteroatoms. The van der Waals surface area contributed by atoms with Crippen molar-refractivity contribution >= 4 is 44.6 Å². The van der Waals surface area contributed by atoms with Crippen LogP contribution in [0.2, 0.25) is 4.34 Å². The summed E-state index contributed by atoms with van der Waals surface area (Å²) in [5.74, 6) is 0.104. The summed E-state index contributed by atoms with van der Waals surface area (Å²) < 4.78 is 27.7. The number of nitrogens with one attached hydrogen (secondary N) is 1. The van der Waals surface area contributed by atoms with Crippen LogP contribution in [0.25, 0.3) is 0 Å². The normalized spacial score (nSPS) is 16.7. The fourth-order valence-electron chi connectivity index (χ4n) is 3.89. The van der Waals surface area contributed by atoms with Crippen molar-refractivity contribution in [3.8, 4) is 0 Å². The maximum absolute atomic E-state index is 12.7. The lowest BCUT2D eigenvalue weighted by molar-refractivity contribution is -0.126. The maximum Gasteiger partial charge on any atom is 0.252 e. The molecular weight excluding hydrogens is 454 g/mol. The second kappa shape index (κ2) is 10.8. The molecule has 6 nitrogen and oxygen atoms in total. The van der Waals surface area contributed by atoms with E-state index in [-0.39, 0.29) is 22.0 Å². The molecule has 1 saturated heterocycles. The standard InChI is InChI=1S/C22H30ClN3O3S2/c1-17(22(27)24-13-6-14-25(2)19-7-4-3-5-8-19)18-11-15-26(16-12-18)31(28,29)21-10-9-20(23)30-21/h3-5,7-10,17-18H,6,11-16H2,1-2H3,(H,24,27). The van der Waals surface area contributed by atoms with Gasteiger partial charge in [-0.15, -0.1) is 11.3 Å². The lowest BCUT2D eigenvalue weighted by Gasteiger charge is -2.33. The zero-order chi connectivity index (χ0) is 22.4. The third-order valence-electron chi connectivity index (χ3n) is 5.93. The molecular formula is C22H30ClN3O3S2. The van der Waals surface area contributed by atoms with Crippen molar-refractivity contribution in [2.45, 2.75) is 30.4 Å². The number of para-hydroxylation sites is 1. The van der Waals surface area contributed by atoms with Crippen molar-refractivity contribution in [2.75, 3.05) is 38.1 Å². The van der Waals surface area contributed by atoms with E-state index in [2.05, 4.69) is 22.3 Å². The van der Waals surface area contributed by atoms with E-state index in [1.165, 1.54) is 4.31 Å². The first kappa shape index (κ1) is 24.0. The molecule has 1 aliphatic rings. The molecule has 0 bridgehead atoms. The zero-order valence-corrected chi connectivity index (χ0v) is 20.3. The lowest BCUT2D eigenvalue weighted by Crippen LogP contribution is -2.42. The molecule has 1 N–H and O–H groups in total. The molecule has 1 atom stereocenters. The summed E-state index contributed by atoms with van der Waals surface area (Å²) in [5.41, 5.74) is 1.16. The Morgan fingerprint density at radius 3 is 2.52 bits per heavy atom. The van der Waals surface area contributed by atoms with E-state index in [0.717, 1.165) is 30.0 Å². The summed E-state index contributed by atoms with van der Waals surface area (Å²) in [5, 5.41) is 3.05. The van der Waals surface area contributed by atoms with E-state index < -0.39 is 10.0 Å². The number of nitrogens with zero attached hydrogens (tertiary/aromatic N) is 2. The number of hydrogen-bond donors (Lipinski definition) is 1. The van der Waals surface area contributed by atoms with Crippen LogP contribution in [0.4, 0.5) is 5.69 Å². The Labute approximate surface area is 194 Å². The molecule has 1 amide bonds. The number of sulfonamides is 1. The van der Waals surface area contributed by atoms with Crippen LogP contribution in [0.5, 0.6) is 0 Å². The third kappa shape index (κ3) is 6.22. The number of amides is 1. The van der Waals surface area contributed by atoms with Gasteiger partial charge in [0, 0.05) is 44.8 Å². The Hall–Kier alpha value is -1.61. The molecule has 31 heavy (non-hydrogen) atoms. The third-order valence-corrected chi connectivity index (χ3v) is 9.53. The van der Waals surface area contributed by atoms with E-state index in [4.69, 9.17) is 11.6 Å². The van der Waals surface area contributed by atoms with Gasteiger partial charge in [-0.25, -0.2) is 8.42 Å². The molecule has 1 aliphatic heterocycles. The number of carbonyl (C=O) groups is 1. The van der Waals surface area contributed by atoms with E-state index >= 15 is 0 Å². The molecule has 2 aromatic rings. The van der Waals surface area contributed by atoms with E-state index in [9.17, 15) is 13.2 Å². The fourth-order valence-corrected chi connectivity index (χ4v) is 7.00. The largest absolute Gasteiger partial charge is 0.375 e. The Morgan fingerprint density at radius 1 is 1.23 bits per heavy atom. The van der Waals surface area contributed by atoms with Crippen molar-refractivity contribution in [3.63, 3.8) is 0 Å². The second-order valence-corrected chi connectivity index (χ2v) is 11.9. The Balaban J connectivity index is 1.40. The first-order chi connectivity index (χ1) is 14.8. The number of benzene rings is 1. The Morgan fingerprint density at radius 2 is 1.90 bits per heavy atom. The fraction of sp³-hybridized carbons (Fsp3) is 0.500. The van der Waals surface area contributed by atoms with E-state index in [1.807, 2.05) is 32.2 Å². The summed E-state index contributed by atoms with van der Waals surface area (Å²) in [6, 6.07) is 13.3. The van der Waals surface area contributed by atoms with Gasteiger partial charge in [0.05, 0.1) is 4.34 Å². The molecule has 170 valence electrons. The molecule has 3 rings (SSSR count). The van der Waals surface area contributed by atoms with Crippen LogP contribution in [0.1, 0.15) is 26.2 Å². The minimum atomic E-state index is -3.50. The van der Waals surface area contributed by atoms with Crippen molar-refractivity contribution in [1.82, 2.24) is 9.62 Å². The molecule has 0 spiro atoms. The van der Waals surface area contributed by atoms with Crippen LogP contribution >= 0.6 is 22.9 Å². The zero-order valence-electron chi connectivity index (χ0n) is 18.0. The first-order valence-electron chi connectivity index (χ1n) is 10.6. The number of halogens is 1. The van der Waals surface area contributed by atoms with Gasteiger partial charge in [0.25, 0.3) is 10.0 Å². The highest BCUT2D eigenvalue weighted by atomic mass is 35.5. The van der Waals surface area contributed by atoms with Crippen molar-refractivity contribution in [1.29, 1.82) is 0 Å². The van der Waals surface area contributed by atoms with Gasteiger partial charge in [0.2, 0.25) is 5.91 Å². The summed E-state index contributed by atoms with van der Waals surface area (Å²) in [6.45, 7) is 4.30. The van der Waals surface area contributed by atoms with Crippen molar-refractivity contribution in [3.05, 3.63) is 46.8 Å². The average Bonchev–Trinajstić information content (AvgIpc) is 3.23. The van der Waals surface area contributed by atoms with Crippen LogP contribution in [0.3, 0.4) is 0 Å². The Kier molecular flexibility index (Phi) is 8.38. The Bertz CT molecular complexity index is 957. The summed E-state index contributed by atoms with van der Waals surface area (Å²) >= 11 is 6.97. The minimum Gasteiger partial charge on any atom is -0.375 e. The average molecular weight is 484 g/mol. The van der Waals surface area contributed by atoms with Crippen LogP contribution in [-0.4, -0.2) is 51.9 Å². The number of carbonyl (C=O) groups excluding carboxylic acids is 1. The highest BCUT2D eigenvalue weighted by Gasteiger charge is 2.34. The summed E-state index contributed by atoms with van der Waals surface area (Å²) in [7, 11) is -1.45. The molecule has 1 aromatic carbocycles. The molecule has 1 unspecified atom stereocenters. The number of hydrogen-bond acceptors (Lipinski definition) is 5. The molecule has 2 heterocycles. The molecule has 0 saturated carbocycles. The summed E-state index contributed by atoms with van der Waals surface area (Å²) in [4.78, 5) is 14.8. The van der Waals surface area contributed by atoms with Crippen LogP contribution < -0.4 is 10.2 Å². The van der Waals surface area contributed by atoms with Gasteiger partial charge in [-0.3, -0.25) is 4.79 Å². The first-order valence-corrected chi connectivity index (χ1v) is 13.2. The molecule has 1 aromatic heterocycles. The number of piperidine rings is 1. The molecule has 1 fully saturated rings. The van der Waals surface area contributed by atoms with E-state index in [1.54, 1.807) is 12.1 Å². The van der Waals surface area contributed by atoms with Gasteiger partial charge in [-0.05, 0) is 49.4 Å². The number of thiophene rings is 1. The highest BCUT2D eigenvalue weighted by Crippen LogP contribution is 2.32. The minimum absolute atomic E-state index is 0.0497. The molecule has 0 radical (unpaired) electrons. The molecule has 0 aliphatic carbocycles. The SMILES string of the molecule is CC(C(=O)NCCCN(C)c1ccccc1)C1CCN(S(=O)(=O)c2ccc(Cl)s2)CC1. The predicted octanol–water partition coefficient (Wildman–Crippen LogP) is 4.08.